The van der Waals surface area contributed by atoms with Crippen LogP contribution in [-0.4, -0.2) is 60.3 Å². The SMILES string of the molecule is C[C@H](O)CN1CCN(C/C=C\c2ccccc2)CC1. The van der Waals surface area contributed by atoms with Gasteiger partial charge in [-0.1, -0.05) is 42.5 Å². The van der Waals surface area contributed by atoms with Gasteiger partial charge in [0.25, 0.3) is 0 Å². The third-order valence-electron chi connectivity index (χ3n) is 3.46. The normalized spacial score (nSPS) is 19.9. The van der Waals surface area contributed by atoms with Gasteiger partial charge in [0.1, 0.15) is 0 Å². The Morgan fingerprint density at radius 1 is 1.11 bits per heavy atom. The molecule has 104 valence electrons. The van der Waals surface area contributed by atoms with E-state index in [0.29, 0.717) is 0 Å². The first-order valence-corrected chi connectivity index (χ1v) is 7.08. The van der Waals surface area contributed by atoms with E-state index in [9.17, 15) is 5.11 Å². The van der Waals surface area contributed by atoms with Crippen molar-refractivity contribution in [1.29, 1.82) is 0 Å². The fourth-order valence-corrected chi connectivity index (χ4v) is 2.43. The summed E-state index contributed by atoms with van der Waals surface area (Å²) >= 11 is 0. The highest BCUT2D eigenvalue weighted by atomic mass is 16.3. The molecule has 19 heavy (non-hydrogen) atoms. The average molecular weight is 260 g/mol. The van der Waals surface area contributed by atoms with Gasteiger partial charge in [-0.3, -0.25) is 9.80 Å². The third-order valence-corrected chi connectivity index (χ3v) is 3.46. The summed E-state index contributed by atoms with van der Waals surface area (Å²) in [6.07, 6.45) is 4.20. The van der Waals surface area contributed by atoms with E-state index in [-0.39, 0.29) is 6.10 Å². The van der Waals surface area contributed by atoms with Crippen LogP contribution in [0.2, 0.25) is 0 Å². The predicted molar refractivity (Wildman–Crippen MR) is 80.0 cm³/mol. The van der Waals surface area contributed by atoms with Crippen molar-refractivity contribution in [2.75, 3.05) is 39.3 Å². The van der Waals surface area contributed by atoms with Crippen LogP contribution in [0.15, 0.2) is 36.4 Å². The largest absolute Gasteiger partial charge is 0.392 e. The standard InChI is InChI=1S/C16H24N2O/c1-15(19)14-18-12-10-17(11-13-18)9-5-8-16-6-3-2-4-7-16/h2-8,15,19H,9-14H2,1H3/b8-5-/t15-/m0/s1. The molecule has 0 amide bonds. The Labute approximate surface area is 116 Å². The van der Waals surface area contributed by atoms with E-state index >= 15 is 0 Å². The molecular weight excluding hydrogens is 236 g/mol. The predicted octanol–water partition coefficient (Wildman–Crippen LogP) is 1.70. The van der Waals surface area contributed by atoms with Crippen LogP contribution >= 0.6 is 0 Å². The summed E-state index contributed by atoms with van der Waals surface area (Å²) in [6.45, 7) is 7.96. The number of benzene rings is 1. The van der Waals surface area contributed by atoms with Gasteiger partial charge in [0, 0.05) is 39.3 Å². The van der Waals surface area contributed by atoms with Gasteiger partial charge >= 0.3 is 0 Å². The van der Waals surface area contributed by atoms with Crippen LogP contribution in [0.25, 0.3) is 6.08 Å². The summed E-state index contributed by atoms with van der Waals surface area (Å²) in [4.78, 5) is 4.79. The van der Waals surface area contributed by atoms with Crippen molar-refractivity contribution < 1.29 is 5.11 Å². The highest BCUT2D eigenvalue weighted by Crippen LogP contribution is 2.05. The first kappa shape index (κ1) is 14.3. The lowest BCUT2D eigenvalue weighted by Gasteiger charge is -2.34. The van der Waals surface area contributed by atoms with Crippen LogP contribution in [0.4, 0.5) is 0 Å². The summed E-state index contributed by atoms with van der Waals surface area (Å²) in [5.41, 5.74) is 1.26. The van der Waals surface area contributed by atoms with Crippen LogP contribution in [0.3, 0.4) is 0 Å². The molecule has 1 N–H and O–H groups in total. The third kappa shape index (κ3) is 5.15. The zero-order chi connectivity index (χ0) is 13.5. The van der Waals surface area contributed by atoms with E-state index in [0.717, 1.165) is 39.3 Å². The van der Waals surface area contributed by atoms with E-state index in [2.05, 4.69) is 46.2 Å². The Morgan fingerprint density at radius 3 is 2.37 bits per heavy atom. The second kappa shape index (κ2) is 7.43. The summed E-state index contributed by atoms with van der Waals surface area (Å²) in [7, 11) is 0. The van der Waals surface area contributed by atoms with Crippen LogP contribution < -0.4 is 0 Å². The van der Waals surface area contributed by atoms with Gasteiger partial charge < -0.3 is 5.11 Å². The fraction of sp³-hybridized carbons (Fsp3) is 0.500. The number of rotatable bonds is 5. The number of nitrogens with zero attached hydrogens (tertiary/aromatic N) is 2. The Morgan fingerprint density at radius 2 is 1.74 bits per heavy atom. The quantitative estimate of drug-likeness (QED) is 0.873. The Bertz CT molecular complexity index is 381. The maximum Gasteiger partial charge on any atom is 0.0639 e. The number of hydrogen-bond acceptors (Lipinski definition) is 3. The molecule has 0 bridgehead atoms. The van der Waals surface area contributed by atoms with Crippen molar-refractivity contribution in [2.45, 2.75) is 13.0 Å². The highest BCUT2D eigenvalue weighted by Gasteiger charge is 2.16. The van der Waals surface area contributed by atoms with Crippen LogP contribution in [-0.2, 0) is 0 Å². The van der Waals surface area contributed by atoms with E-state index in [1.807, 2.05) is 13.0 Å². The molecular formula is C16H24N2O. The van der Waals surface area contributed by atoms with E-state index in [4.69, 9.17) is 0 Å². The minimum absolute atomic E-state index is 0.218. The van der Waals surface area contributed by atoms with E-state index < -0.39 is 0 Å². The lowest BCUT2D eigenvalue weighted by molar-refractivity contribution is 0.0852. The molecule has 3 nitrogen and oxygen atoms in total. The smallest absolute Gasteiger partial charge is 0.0639 e. The molecule has 2 rings (SSSR count). The second-order valence-electron chi connectivity index (χ2n) is 5.26. The molecule has 1 saturated heterocycles. The van der Waals surface area contributed by atoms with Gasteiger partial charge in [-0.15, -0.1) is 0 Å². The van der Waals surface area contributed by atoms with Gasteiger partial charge in [0.05, 0.1) is 6.10 Å². The molecule has 0 unspecified atom stereocenters. The van der Waals surface area contributed by atoms with E-state index in [1.54, 1.807) is 0 Å². The average Bonchev–Trinajstić information content (AvgIpc) is 2.41. The molecule has 0 spiro atoms. The summed E-state index contributed by atoms with van der Waals surface area (Å²) < 4.78 is 0. The second-order valence-corrected chi connectivity index (χ2v) is 5.26. The minimum atomic E-state index is -0.218. The molecule has 0 saturated carbocycles. The molecule has 0 aromatic heterocycles. The van der Waals surface area contributed by atoms with Crippen molar-refractivity contribution in [2.24, 2.45) is 0 Å². The molecule has 1 aliphatic heterocycles. The zero-order valence-electron chi connectivity index (χ0n) is 11.7. The van der Waals surface area contributed by atoms with Gasteiger partial charge in [0.15, 0.2) is 0 Å². The first-order chi connectivity index (χ1) is 9.24. The van der Waals surface area contributed by atoms with Gasteiger partial charge in [-0.05, 0) is 12.5 Å². The number of hydrogen-bond donors (Lipinski definition) is 1. The first-order valence-electron chi connectivity index (χ1n) is 7.08. The molecule has 1 aromatic carbocycles. The summed E-state index contributed by atoms with van der Waals surface area (Å²) in [5, 5.41) is 9.37. The number of piperazine rings is 1. The minimum Gasteiger partial charge on any atom is -0.392 e. The zero-order valence-corrected chi connectivity index (χ0v) is 11.7. The topological polar surface area (TPSA) is 26.7 Å². The molecule has 3 heteroatoms. The van der Waals surface area contributed by atoms with Crippen LogP contribution in [0, 0.1) is 0 Å². The maximum absolute atomic E-state index is 9.37. The van der Waals surface area contributed by atoms with Crippen molar-refractivity contribution in [3.05, 3.63) is 42.0 Å². The van der Waals surface area contributed by atoms with Crippen LogP contribution in [0.1, 0.15) is 12.5 Å². The van der Waals surface area contributed by atoms with Gasteiger partial charge in [0.2, 0.25) is 0 Å². The lowest BCUT2D eigenvalue weighted by atomic mass is 10.2. The van der Waals surface area contributed by atoms with Gasteiger partial charge in [-0.2, -0.15) is 0 Å². The summed E-state index contributed by atoms with van der Waals surface area (Å²) in [6, 6.07) is 10.4. The lowest BCUT2D eigenvalue weighted by Crippen LogP contribution is -2.48. The number of β-amino-alcohol motifs (C(OH)–C–C–N with tert-alkyl or cyclic N) is 1. The van der Waals surface area contributed by atoms with Crippen molar-refractivity contribution in [3.63, 3.8) is 0 Å². The van der Waals surface area contributed by atoms with Crippen molar-refractivity contribution in [1.82, 2.24) is 9.80 Å². The van der Waals surface area contributed by atoms with E-state index in [1.165, 1.54) is 5.56 Å². The summed E-state index contributed by atoms with van der Waals surface area (Å²) in [5.74, 6) is 0. The monoisotopic (exact) mass is 260 g/mol. The molecule has 1 aromatic rings. The molecule has 1 atom stereocenters. The molecule has 1 aliphatic rings. The molecule has 0 aliphatic carbocycles. The fourth-order valence-electron chi connectivity index (χ4n) is 2.43. The molecule has 0 radical (unpaired) electrons. The number of aliphatic hydroxyl groups is 1. The number of aliphatic hydroxyl groups excluding tert-OH is 1. The van der Waals surface area contributed by atoms with Crippen molar-refractivity contribution >= 4 is 6.08 Å². The Hall–Kier alpha value is -1.16. The molecule has 1 heterocycles. The molecule has 1 fully saturated rings. The Kier molecular flexibility index (Phi) is 5.58. The Balaban J connectivity index is 1.70. The highest BCUT2D eigenvalue weighted by molar-refractivity contribution is 5.48. The van der Waals surface area contributed by atoms with Crippen LogP contribution in [0.5, 0.6) is 0 Å². The van der Waals surface area contributed by atoms with Gasteiger partial charge in [-0.25, -0.2) is 0 Å². The maximum atomic E-state index is 9.37. The van der Waals surface area contributed by atoms with Crippen molar-refractivity contribution in [3.8, 4) is 0 Å².